The van der Waals surface area contributed by atoms with Crippen molar-refractivity contribution in [2.45, 2.75) is 17.7 Å². The molecule has 1 aliphatic rings. The number of hydrogen-bond acceptors (Lipinski definition) is 4. The van der Waals surface area contributed by atoms with Gasteiger partial charge >= 0.3 is 0 Å². The lowest BCUT2D eigenvalue weighted by molar-refractivity contribution is 0.459. The Balaban J connectivity index is 1.74. The van der Waals surface area contributed by atoms with Gasteiger partial charge in [0.15, 0.2) is 0 Å². The number of rotatable bonds is 4. The van der Waals surface area contributed by atoms with Crippen LogP contribution in [0.3, 0.4) is 0 Å². The summed E-state index contributed by atoms with van der Waals surface area (Å²) in [6, 6.07) is 17.2. The molecule has 1 fully saturated rings. The number of sulfonamides is 1. The van der Waals surface area contributed by atoms with Gasteiger partial charge in [0.1, 0.15) is 0 Å². The average molecular weight is 382 g/mol. The fourth-order valence-electron chi connectivity index (χ4n) is 4.00. The zero-order valence-corrected chi connectivity index (χ0v) is 16.1. The zero-order chi connectivity index (χ0) is 19.0. The van der Waals surface area contributed by atoms with E-state index >= 15 is 0 Å². The summed E-state index contributed by atoms with van der Waals surface area (Å²) in [6.45, 7) is 3.29. The number of aryl methyl sites for hydroxylation is 1. The van der Waals surface area contributed by atoms with E-state index in [-0.39, 0.29) is 11.8 Å². The van der Waals surface area contributed by atoms with Crippen molar-refractivity contribution in [2.24, 2.45) is 11.7 Å². The quantitative estimate of drug-likeness (QED) is 0.754. The third kappa shape index (κ3) is 3.14. The molecule has 4 rings (SSSR count). The highest BCUT2D eigenvalue weighted by molar-refractivity contribution is 7.89. The van der Waals surface area contributed by atoms with Gasteiger partial charge in [0.2, 0.25) is 10.0 Å². The van der Waals surface area contributed by atoms with Crippen LogP contribution in [0, 0.1) is 12.8 Å². The van der Waals surface area contributed by atoms with Gasteiger partial charge in [-0.05, 0) is 48.7 Å². The number of hydrogen-bond donors (Lipinski definition) is 1. The van der Waals surface area contributed by atoms with Crippen LogP contribution < -0.4 is 5.73 Å². The van der Waals surface area contributed by atoms with Gasteiger partial charge in [-0.1, -0.05) is 36.4 Å². The maximum Gasteiger partial charge on any atom is 0.243 e. The first kappa shape index (κ1) is 18.1. The highest BCUT2D eigenvalue weighted by Crippen LogP contribution is 2.36. The first-order valence-electron chi connectivity index (χ1n) is 9.12. The molecule has 3 aromatic rings. The zero-order valence-electron chi connectivity index (χ0n) is 15.2. The van der Waals surface area contributed by atoms with Crippen LogP contribution in [0.25, 0.3) is 10.9 Å². The first-order chi connectivity index (χ1) is 13.0. The molecular weight excluding hydrogens is 358 g/mol. The Kier molecular flexibility index (Phi) is 4.72. The minimum atomic E-state index is -3.63. The lowest BCUT2D eigenvalue weighted by Gasteiger charge is -2.18. The number of nitrogens with zero attached hydrogens (tertiary/aromatic N) is 2. The Labute approximate surface area is 159 Å². The molecule has 2 atom stereocenters. The van der Waals surface area contributed by atoms with E-state index in [2.05, 4.69) is 17.1 Å². The predicted molar refractivity (Wildman–Crippen MR) is 107 cm³/mol. The van der Waals surface area contributed by atoms with Crippen molar-refractivity contribution in [2.75, 3.05) is 19.6 Å². The summed E-state index contributed by atoms with van der Waals surface area (Å²) in [4.78, 5) is 4.69. The molecule has 0 aliphatic carbocycles. The summed E-state index contributed by atoms with van der Waals surface area (Å²) in [7, 11) is -3.63. The molecule has 1 saturated heterocycles. The van der Waals surface area contributed by atoms with Crippen molar-refractivity contribution in [3.05, 3.63) is 71.9 Å². The van der Waals surface area contributed by atoms with Crippen LogP contribution >= 0.6 is 0 Å². The van der Waals surface area contributed by atoms with Crippen molar-refractivity contribution in [1.29, 1.82) is 0 Å². The number of fused-ring (bicyclic) bond motifs is 1. The van der Waals surface area contributed by atoms with Crippen LogP contribution in [0.2, 0.25) is 0 Å². The Morgan fingerprint density at radius 1 is 1.07 bits per heavy atom. The lowest BCUT2D eigenvalue weighted by Crippen LogP contribution is -2.30. The van der Waals surface area contributed by atoms with E-state index < -0.39 is 10.0 Å². The smallest absolute Gasteiger partial charge is 0.243 e. The number of aromatic nitrogens is 1. The van der Waals surface area contributed by atoms with Crippen LogP contribution in [0.5, 0.6) is 0 Å². The molecule has 1 aromatic heterocycles. The van der Waals surface area contributed by atoms with Crippen molar-refractivity contribution < 1.29 is 8.42 Å². The molecule has 5 nitrogen and oxygen atoms in total. The molecule has 6 heteroatoms. The standard InChI is InChI=1S/C21H23N3O2S/c1-15-9-10-20(18-8-5-11-23-21(15)18)27(25,26)24-13-17(12-22)19(14-24)16-6-3-2-4-7-16/h2-11,17,19H,12-14,22H2,1H3/t17-,19+/m1/s1. The molecule has 2 N–H and O–H groups in total. The second kappa shape index (κ2) is 7.03. The fraction of sp³-hybridized carbons (Fsp3) is 0.286. The van der Waals surface area contributed by atoms with E-state index in [1.54, 1.807) is 22.6 Å². The van der Waals surface area contributed by atoms with Crippen LogP contribution in [0.4, 0.5) is 0 Å². The Hall–Kier alpha value is -2.28. The van der Waals surface area contributed by atoms with Gasteiger partial charge in [-0.3, -0.25) is 4.98 Å². The first-order valence-corrected chi connectivity index (χ1v) is 10.6. The molecule has 0 radical (unpaired) electrons. The van der Waals surface area contributed by atoms with Crippen molar-refractivity contribution in [3.63, 3.8) is 0 Å². The number of benzene rings is 2. The molecule has 1 aliphatic heterocycles. The summed E-state index contributed by atoms with van der Waals surface area (Å²) in [5.41, 5.74) is 8.82. The Morgan fingerprint density at radius 3 is 2.59 bits per heavy atom. The monoisotopic (exact) mass is 381 g/mol. The molecule has 0 saturated carbocycles. The summed E-state index contributed by atoms with van der Waals surface area (Å²) in [5.74, 6) is 0.220. The maximum atomic E-state index is 13.5. The fourth-order valence-corrected chi connectivity index (χ4v) is 5.70. The van der Waals surface area contributed by atoms with Crippen LogP contribution in [-0.4, -0.2) is 37.3 Å². The molecule has 2 aromatic carbocycles. The second-order valence-electron chi connectivity index (χ2n) is 7.12. The van der Waals surface area contributed by atoms with Crippen molar-refractivity contribution in [1.82, 2.24) is 9.29 Å². The molecule has 0 amide bonds. The van der Waals surface area contributed by atoms with Gasteiger partial charge in [-0.2, -0.15) is 4.31 Å². The average Bonchev–Trinajstić information content (AvgIpc) is 3.14. The van der Waals surface area contributed by atoms with Gasteiger partial charge in [0.25, 0.3) is 0 Å². The summed E-state index contributed by atoms with van der Waals surface area (Å²) >= 11 is 0. The highest BCUT2D eigenvalue weighted by atomic mass is 32.2. The van der Waals surface area contributed by atoms with E-state index in [0.29, 0.717) is 29.9 Å². The molecule has 0 spiro atoms. The number of nitrogens with two attached hydrogens (primary N) is 1. The van der Waals surface area contributed by atoms with Gasteiger partial charge < -0.3 is 5.73 Å². The Morgan fingerprint density at radius 2 is 1.85 bits per heavy atom. The lowest BCUT2D eigenvalue weighted by atomic mass is 9.89. The van der Waals surface area contributed by atoms with E-state index in [0.717, 1.165) is 16.6 Å². The van der Waals surface area contributed by atoms with E-state index in [1.807, 2.05) is 37.3 Å². The van der Waals surface area contributed by atoms with Crippen LogP contribution in [0.1, 0.15) is 17.0 Å². The van der Waals surface area contributed by atoms with Crippen molar-refractivity contribution >= 4 is 20.9 Å². The van der Waals surface area contributed by atoms with E-state index in [1.165, 1.54) is 0 Å². The maximum absolute atomic E-state index is 13.5. The largest absolute Gasteiger partial charge is 0.330 e. The third-order valence-corrected chi connectivity index (χ3v) is 7.38. The normalized spacial score (nSPS) is 21.0. The predicted octanol–water partition coefficient (Wildman–Crippen LogP) is 2.91. The van der Waals surface area contributed by atoms with Gasteiger partial charge in [0, 0.05) is 30.6 Å². The van der Waals surface area contributed by atoms with Gasteiger partial charge in [-0.25, -0.2) is 8.42 Å². The van der Waals surface area contributed by atoms with Crippen molar-refractivity contribution in [3.8, 4) is 0 Å². The SMILES string of the molecule is Cc1ccc(S(=O)(=O)N2C[C@@H](CN)[C@H](c3ccccc3)C2)c2cccnc12. The van der Waals surface area contributed by atoms with Crippen LogP contribution in [0.15, 0.2) is 65.7 Å². The number of pyridine rings is 1. The summed E-state index contributed by atoms with van der Waals surface area (Å²) in [5, 5.41) is 0.671. The minimum absolute atomic E-state index is 0.108. The highest BCUT2D eigenvalue weighted by Gasteiger charge is 2.39. The van der Waals surface area contributed by atoms with E-state index in [9.17, 15) is 8.42 Å². The molecule has 0 bridgehead atoms. The van der Waals surface area contributed by atoms with E-state index in [4.69, 9.17) is 5.73 Å². The molecular formula is C21H23N3O2S. The summed E-state index contributed by atoms with van der Waals surface area (Å²) in [6.07, 6.45) is 1.69. The minimum Gasteiger partial charge on any atom is -0.330 e. The Bertz CT molecular complexity index is 1070. The molecule has 27 heavy (non-hydrogen) atoms. The molecule has 140 valence electrons. The molecule has 0 unspecified atom stereocenters. The molecule has 2 heterocycles. The topological polar surface area (TPSA) is 76.3 Å². The van der Waals surface area contributed by atoms with Gasteiger partial charge in [-0.15, -0.1) is 0 Å². The second-order valence-corrected chi connectivity index (χ2v) is 9.02. The third-order valence-electron chi connectivity index (χ3n) is 5.49. The summed E-state index contributed by atoms with van der Waals surface area (Å²) < 4.78 is 28.5. The van der Waals surface area contributed by atoms with Gasteiger partial charge in [0.05, 0.1) is 10.4 Å². The van der Waals surface area contributed by atoms with Crippen LogP contribution in [-0.2, 0) is 10.0 Å².